The average Bonchev–Trinajstić information content (AvgIpc) is 2.87. The van der Waals surface area contributed by atoms with Gasteiger partial charge in [-0.15, -0.1) is 6.58 Å². The van der Waals surface area contributed by atoms with Gasteiger partial charge < -0.3 is 9.47 Å². The van der Waals surface area contributed by atoms with E-state index >= 15 is 0 Å². The van der Waals surface area contributed by atoms with Crippen LogP contribution in [0.2, 0.25) is 0 Å². The molecule has 2 rings (SSSR count). The van der Waals surface area contributed by atoms with Crippen molar-refractivity contribution < 1.29 is 32.4 Å². The number of phosphoric ester groups is 1. The highest BCUT2D eigenvalue weighted by atomic mass is 33.1. The maximum Gasteiger partial charge on any atom is 0.474 e. The first kappa shape index (κ1) is 30.7. The number of hydrogen-bond acceptors (Lipinski definition) is 9. The number of phosphoric acid groups is 1. The smallest absolute Gasteiger partial charge is 0.474 e. The molecule has 10 heteroatoms. The molecule has 200 valence electrons. The first-order valence-electron chi connectivity index (χ1n) is 12.1. The van der Waals surface area contributed by atoms with Crippen molar-refractivity contribution in [3.8, 4) is 5.75 Å². The maximum absolute atomic E-state index is 12.5. The van der Waals surface area contributed by atoms with Gasteiger partial charge in [-0.25, -0.2) is 4.57 Å². The number of hydrogen-bond donors (Lipinski definition) is 0. The van der Waals surface area contributed by atoms with E-state index in [1.54, 1.807) is 35.4 Å². The largest absolute Gasteiger partial charge is 0.493 e. The SMILES string of the molecule is C=CCSSCCOc1ccc2cc(C(C)C(=O)OCCCCOP(=O)(OCC)OCC)ccc2c1. The van der Waals surface area contributed by atoms with E-state index in [-0.39, 0.29) is 38.3 Å². The lowest BCUT2D eigenvalue weighted by atomic mass is 9.98. The van der Waals surface area contributed by atoms with Gasteiger partial charge in [0.2, 0.25) is 0 Å². The van der Waals surface area contributed by atoms with Crippen molar-refractivity contribution in [1.82, 2.24) is 0 Å². The Morgan fingerprint density at radius 3 is 2.39 bits per heavy atom. The molecule has 2 aromatic carbocycles. The zero-order chi connectivity index (χ0) is 26.2. The second kappa shape index (κ2) is 17.1. The second-order valence-electron chi connectivity index (χ2n) is 7.72. The normalized spacial score (nSPS) is 12.4. The summed E-state index contributed by atoms with van der Waals surface area (Å²) >= 11 is 0. The molecule has 0 bridgehead atoms. The van der Waals surface area contributed by atoms with Crippen molar-refractivity contribution in [2.24, 2.45) is 0 Å². The minimum atomic E-state index is -3.50. The van der Waals surface area contributed by atoms with Crippen LogP contribution in [-0.4, -0.2) is 50.5 Å². The number of esters is 1. The van der Waals surface area contributed by atoms with Gasteiger partial charge in [0.05, 0.1) is 39.0 Å². The summed E-state index contributed by atoms with van der Waals surface area (Å²) in [5, 5.41) is 2.10. The van der Waals surface area contributed by atoms with Gasteiger partial charge in [-0.3, -0.25) is 18.4 Å². The molecule has 0 heterocycles. The minimum Gasteiger partial charge on any atom is -0.493 e. The molecule has 0 saturated carbocycles. The maximum atomic E-state index is 12.5. The molecule has 36 heavy (non-hydrogen) atoms. The van der Waals surface area contributed by atoms with Gasteiger partial charge in [0.15, 0.2) is 0 Å². The molecule has 0 fully saturated rings. The molecule has 1 unspecified atom stereocenters. The molecule has 0 amide bonds. The summed E-state index contributed by atoms with van der Waals surface area (Å²) in [5.41, 5.74) is 0.898. The fraction of sp³-hybridized carbons (Fsp3) is 0.500. The quantitative estimate of drug-likeness (QED) is 0.0577. The second-order valence-corrected chi connectivity index (χ2v) is 12.0. The molecule has 0 aliphatic carbocycles. The van der Waals surface area contributed by atoms with E-state index in [1.807, 2.05) is 49.4 Å². The van der Waals surface area contributed by atoms with Crippen LogP contribution in [0.3, 0.4) is 0 Å². The highest BCUT2D eigenvalue weighted by Crippen LogP contribution is 2.49. The average molecular weight is 557 g/mol. The first-order valence-corrected chi connectivity index (χ1v) is 16.1. The topological polar surface area (TPSA) is 80.3 Å². The predicted octanol–water partition coefficient (Wildman–Crippen LogP) is 7.41. The lowest BCUT2D eigenvalue weighted by Gasteiger charge is -2.16. The first-order chi connectivity index (χ1) is 17.4. The number of rotatable bonds is 19. The van der Waals surface area contributed by atoms with Gasteiger partial charge in [0.25, 0.3) is 0 Å². The Kier molecular flexibility index (Phi) is 14.6. The van der Waals surface area contributed by atoms with Gasteiger partial charge in [0.1, 0.15) is 5.75 Å². The Morgan fingerprint density at radius 2 is 1.67 bits per heavy atom. The van der Waals surface area contributed by atoms with E-state index < -0.39 is 7.82 Å². The molecular formula is C26H37O7PS2. The Balaban J connectivity index is 1.76. The molecule has 2 aromatic rings. The summed E-state index contributed by atoms with van der Waals surface area (Å²) in [6.07, 6.45) is 3.05. The van der Waals surface area contributed by atoms with Crippen LogP contribution in [-0.2, 0) is 27.7 Å². The Morgan fingerprint density at radius 1 is 0.972 bits per heavy atom. The number of carbonyl (C=O) groups is 1. The van der Waals surface area contributed by atoms with Gasteiger partial charge in [0, 0.05) is 11.5 Å². The highest BCUT2D eigenvalue weighted by molar-refractivity contribution is 8.76. The zero-order valence-corrected chi connectivity index (χ0v) is 23.8. The lowest BCUT2D eigenvalue weighted by Crippen LogP contribution is -2.14. The van der Waals surface area contributed by atoms with Crippen molar-refractivity contribution in [1.29, 1.82) is 0 Å². The van der Waals surface area contributed by atoms with Crippen molar-refractivity contribution in [2.45, 2.75) is 39.5 Å². The van der Waals surface area contributed by atoms with Gasteiger partial charge >= 0.3 is 13.8 Å². The van der Waals surface area contributed by atoms with Crippen LogP contribution in [0.25, 0.3) is 10.8 Å². The predicted molar refractivity (Wildman–Crippen MR) is 150 cm³/mol. The molecule has 0 aliphatic heterocycles. The van der Waals surface area contributed by atoms with Crippen LogP contribution in [0, 0.1) is 0 Å². The van der Waals surface area contributed by atoms with Crippen LogP contribution in [0.5, 0.6) is 5.75 Å². The van der Waals surface area contributed by atoms with E-state index in [1.165, 1.54) is 0 Å². The van der Waals surface area contributed by atoms with Crippen LogP contribution in [0.4, 0.5) is 0 Å². The Hall–Kier alpha value is -1.48. The van der Waals surface area contributed by atoms with Gasteiger partial charge in [-0.2, -0.15) is 0 Å². The minimum absolute atomic E-state index is 0.202. The molecule has 0 radical (unpaired) electrons. The Bertz CT molecular complexity index is 991. The lowest BCUT2D eigenvalue weighted by molar-refractivity contribution is -0.145. The molecular weight excluding hydrogens is 519 g/mol. The van der Waals surface area contributed by atoms with Gasteiger partial charge in [-0.1, -0.05) is 51.9 Å². The molecule has 7 nitrogen and oxygen atoms in total. The summed E-state index contributed by atoms with van der Waals surface area (Å²) in [6.45, 7) is 10.6. The molecule has 0 N–H and O–H groups in total. The summed E-state index contributed by atoms with van der Waals surface area (Å²) in [6, 6.07) is 11.9. The number of unbranched alkanes of at least 4 members (excludes halogenated alkanes) is 1. The fourth-order valence-electron chi connectivity index (χ4n) is 3.19. The summed E-state index contributed by atoms with van der Waals surface area (Å²) in [7, 11) is 0.0384. The van der Waals surface area contributed by atoms with Crippen LogP contribution >= 0.6 is 29.4 Å². The third kappa shape index (κ3) is 10.9. The van der Waals surface area contributed by atoms with Crippen molar-refractivity contribution in [2.75, 3.05) is 44.5 Å². The highest BCUT2D eigenvalue weighted by Gasteiger charge is 2.24. The zero-order valence-electron chi connectivity index (χ0n) is 21.3. The summed E-state index contributed by atoms with van der Waals surface area (Å²) in [5.74, 6) is 2.00. The number of benzene rings is 2. The van der Waals surface area contributed by atoms with Crippen molar-refractivity contribution in [3.05, 3.63) is 54.6 Å². The van der Waals surface area contributed by atoms with Crippen molar-refractivity contribution in [3.63, 3.8) is 0 Å². The third-order valence-corrected chi connectivity index (χ3v) is 8.93. The molecule has 0 aliphatic rings. The third-order valence-electron chi connectivity index (χ3n) is 5.00. The monoisotopic (exact) mass is 556 g/mol. The number of fused-ring (bicyclic) bond motifs is 1. The molecule has 0 aromatic heterocycles. The van der Waals surface area contributed by atoms with Crippen molar-refractivity contribution >= 4 is 46.2 Å². The summed E-state index contributed by atoms with van der Waals surface area (Å²) in [4.78, 5) is 12.5. The number of ether oxygens (including phenoxy) is 2. The van der Waals surface area contributed by atoms with E-state index in [4.69, 9.17) is 23.0 Å². The van der Waals surface area contributed by atoms with Crippen LogP contribution in [0.1, 0.15) is 45.1 Å². The molecule has 0 spiro atoms. The molecule has 0 saturated heterocycles. The van der Waals surface area contributed by atoms with Gasteiger partial charge in [-0.05, 0) is 62.1 Å². The van der Waals surface area contributed by atoms with Crippen LogP contribution < -0.4 is 4.74 Å². The van der Waals surface area contributed by atoms with E-state index in [2.05, 4.69) is 6.58 Å². The van der Waals surface area contributed by atoms with E-state index in [9.17, 15) is 9.36 Å². The molecule has 1 atom stereocenters. The standard InChI is InChI=1S/C26H37O7PS2/c1-5-17-35-36-18-16-29-25-13-12-23-19-22(10-11-24(23)20-25)21(4)26(27)30-14-8-9-15-33-34(28,31-6-2)32-7-3/h5,10-13,19-21H,1,6-9,14-18H2,2-4H3. The van der Waals surface area contributed by atoms with E-state index in [0.717, 1.165) is 33.6 Å². The fourth-order valence-corrected chi connectivity index (χ4v) is 6.00. The number of carbonyl (C=O) groups excluding carboxylic acids is 1. The Labute approximate surface area is 222 Å². The van der Waals surface area contributed by atoms with E-state index in [0.29, 0.717) is 19.4 Å². The summed E-state index contributed by atoms with van der Waals surface area (Å²) < 4.78 is 39.0. The van der Waals surface area contributed by atoms with Crippen LogP contribution in [0.15, 0.2) is 49.1 Å².